The van der Waals surface area contributed by atoms with Crippen LogP contribution in [-0.2, 0) is 4.79 Å². The molecule has 0 bridgehead atoms. The van der Waals surface area contributed by atoms with Crippen LogP contribution in [0.1, 0.15) is 11.6 Å². The lowest BCUT2D eigenvalue weighted by Gasteiger charge is -2.13. The molecule has 0 aliphatic rings. The molecule has 0 aromatic heterocycles. The summed E-state index contributed by atoms with van der Waals surface area (Å²) in [5.41, 5.74) is 5.70. The molecule has 0 aliphatic heterocycles. The third-order valence-corrected chi connectivity index (χ3v) is 2.91. The van der Waals surface area contributed by atoms with Gasteiger partial charge in [-0.2, -0.15) is 0 Å². The molecule has 1 amide bonds. The van der Waals surface area contributed by atoms with Crippen LogP contribution in [-0.4, -0.2) is 15.9 Å². The first-order chi connectivity index (χ1) is 10.0. The molecule has 2 aromatic carbocycles. The van der Waals surface area contributed by atoms with Crippen LogP contribution in [0.2, 0.25) is 0 Å². The Labute approximate surface area is 120 Å². The quantitative estimate of drug-likeness (QED) is 0.451. The van der Waals surface area contributed by atoms with Crippen LogP contribution in [0, 0.1) is 10.1 Å². The summed E-state index contributed by atoms with van der Waals surface area (Å²) in [6.07, 6.45) is 0. The van der Waals surface area contributed by atoms with Crippen LogP contribution < -0.4 is 11.1 Å². The van der Waals surface area contributed by atoms with Crippen LogP contribution >= 0.6 is 0 Å². The minimum absolute atomic E-state index is 0.265. The maximum Gasteiger partial charge on any atom is 0.296 e. The van der Waals surface area contributed by atoms with Gasteiger partial charge in [0.1, 0.15) is 11.8 Å². The molecule has 108 valence electrons. The highest BCUT2D eigenvalue weighted by molar-refractivity contribution is 5.98. The summed E-state index contributed by atoms with van der Waals surface area (Å²) in [6, 6.07) is 11.3. The van der Waals surface area contributed by atoms with E-state index in [0.29, 0.717) is 5.56 Å². The summed E-state index contributed by atoms with van der Waals surface area (Å²) >= 11 is 0. The standard InChI is InChI=1S/C14H13N3O4/c15-12(9-5-2-1-3-6-9)14(19)16-13-10(17(20)21)7-4-8-11(13)18/h1-8,12,18H,15H2,(H,16,19). The Bertz CT molecular complexity index is 673. The number of hydrogen-bond acceptors (Lipinski definition) is 5. The summed E-state index contributed by atoms with van der Waals surface area (Å²) in [5, 5.41) is 22.9. The molecule has 0 spiro atoms. The van der Waals surface area contributed by atoms with E-state index in [1.807, 2.05) is 0 Å². The van der Waals surface area contributed by atoms with E-state index in [9.17, 15) is 20.0 Å². The van der Waals surface area contributed by atoms with Gasteiger partial charge in [0, 0.05) is 6.07 Å². The van der Waals surface area contributed by atoms with E-state index < -0.39 is 28.3 Å². The van der Waals surface area contributed by atoms with Gasteiger partial charge in [0.05, 0.1) is 4.92 Å². The second kappa shape index (κ2) is 6.02. The molecule has 7 nitrogen and oxygen atoms in total. The fraction of sp³-hybridized carbons (Fsp3) is 0.0714. The van der Waals surface area contributed by atoms with Crippen molar-refractivity contribution in [2.45, 2.75) is 6.04 Å². The Kier molecular flexibility index (Phi) is 4.15. The number of phenolic OH excluding ortho intramolecular Hbond substituents is 1. The minimum Gasteiger partial charge on any atom is -0.505 e. The Morgan fingerprint density at radius 1 is 1.19 bits per heavy atom. The molecule has 2 aromatic rings. The molecule has 7 heteroatoms. The third-order valence-electron chi connectivity index (χ3n) is 2.91. The Morgan fingerprint density at radius 2 is 1.86 bits per heavy atom. The third kappa shape index (κ3) is 3.15. The predicted molar refractivity (Wildman–Crippen MR) is 76.8 cm³/mol. The molecule has 1 atom stereocenters. The maximum absolute atomic E-state index is 12.1. The number of amides is 1. The lowest BCUT2D eigenvalue weighted by molar-refractivity contribution is -0.384. The van der Waals surface area contributed by atoms with Gasteiger partial charge in [-0.15, -0.1) is 0 Å². The van der Waals surface area contributed by atoms with Crippen molar-refractivity contribution in [3.8, 4) is 5.75 Å². The van der Waals surface area contributed by atoms with Gasteiger partial charge >= 0.3 is 0 Å². The number of rotatable bonds is 4. The molecule has 0 heterocycles. The van der Waals surface area contributed by atoms with E-state index in [-0.39, 0.29) is 5.69 Å². The average Bonchev–Trinajstić information content (AvgIpc) is 2.49. The molecule has 0 saturated carbocycles. The molecule has 2 rings (SSSR count). The van der Waals surface area contributed by atoms with Gasteiger partial charge < -0.3 is 16.2 Å². The number of benzene rings is 2. The fourth-order valence-electron chi connectivity index (χ4n) is 1.82. The van der Waals surface area contributed by atoms with Crippen LogP contribution in [0.4, 0.5) is 11.4 Å². The van der Waals surface area contributed by atoms with E-state index in [0.717, 1.165) is 0 Å². The van der Waals surface area contributed by atoms with Crippen LogP contribution in [0.5, 0.6) is 5.75 Å². The van der Waals surface area contributed by atoms with Crippen molar-refractivity contribution >= 4 is 17.3 Å². The molecular weight excluding hydrogens is 274 g/mol. The molecule has 4 N–H and O–H groups in total. The normalized spacial score (nSPS) is 11.7. The molecule has 1 unspecified atom stereocenters. The largest absolute Gasteiger partial charge is 0.505 e. The van der Waals surface area contributed by atoms with E-state index in [1.54, 1.807) is 30.3 Å². The van der Waals surface area contributed by atoms with Crippen molar-refractivity contribution in [3.05, 3.63) is 64.2 Å². The average molecular weight is 287 g/mol. The topological polar surface area (TPSA) is 118 Å². The number of phenols is 1. The van der Waals surface area contributed by atoms with Crippen molar-refractivity contribution in [2.75, 3.05) is 5.32 Å². The summed E-state index contributed by atoms with van der Waals surface area (Å²) < 4.78 is 0. The maximum atomic E-state index is 12.1. The molecule has 0 aliphatic carbocycles. The molecule has 0 fully saturated rings. The Balaban J connectivity index is 2.26. The number of nitrogens with two attached hydrogens (primary N) is 1. The van der Waals surface area contributed by atoms with Crippen LogP contribution in [0.15, 0.2) is 48.5 Å². The summed E-state index contributed by atoms with van der Waals surface area (Å²) in [4.78, 5) is 22.3. The highest BCUT2D eigenvalue weighted by atomic mass is 16.6. The molecule has 0 saturated heterocycles. The number of carbonyl (C=O) groups excluding carboxylic acids is 1. The Hall–Kier alpha value is -2.93. The van der Waals surface area contributed by atoms with Crippen LogP contribution in [0.3, 0.4) is 0 Å². The van der Waals surface area contributed by atoms with Gasteiger partial charge in [0.15, 0.2) is 5.69 Å². The smallest absolute Gasteiger partial charge is 0.296 e. The number of nitrogens with one attached hydrogen (secondary N) is 1. The van der Waals surface area contributed by atoms with Gasteiger partial charge in [-0.3, -0.25) is 14.9 Å². The first-order valence-electron chi connectivity index (χ1n) is 6.08. The lowest BCUT2D eigenvalue weighted by atomic mass is 10.1. The molecular formula is C14H13N3O4. The zero-order chi connectivity index (χ0) is 15.4. The first kappa shape index (κ1) is 14.5. The highest BCUT2D eigenvalue weighted by Gasteiger charge is 2.23. The van der Waals surface area contributed by atoms with E-state index in [4.69, 9.17) is 5.73 Å². The number of anilines is 1. The van der Waals surface area contributed by atoms with E-state index in [2.05, 4.69) is 5.32 Å². The zero-order valence-corrected chi connectivity index (χ0v) is 10.9. The zero-order valence-electron chi connectivity index (χ0n) is 10.9. The number of carbonyl (C=O) groups is 1. The summed E-state index contributed by atoms with van der Waals surface area (Å²) in [6.45, 7) is 0. The first-order valence-corrected chi connectivity index (χ1v) is 6.08. The Morgan fingerprint density at radius 3 is 2.48 bits per heavy atom. The van der Waals surface area contributed by atoms with Gasteiger partial charge in [-0.1, -0.05) is 36.4 Å². The fourth-order valence-corrected chi connectivity index (χ4v) is 1.82. The highest BCUT2D eigenvalue weighted by Crippen LogP contribution is 2.33. The monoisotopic (exact) mass is 287 g/mol. The van der Waals surface area contributed by atoms with Gasteiger partial charge in [-0.25, -0.2) is 0 Å². The van der Waals surface area contributed by atoms with E-state index in [1.165, 1.54) is 18.2 Å². The number of nitrogens with zero attached hydrogens (tertiary/aromatic N) is 1. The van der Waals surface area contributed by atoms with Crippen molar-refractivity contribution < 1.29 is 14.8 Å². The van der Waals surface area contributed by atoms with Crippen molar-refractivity contribution in [2.24, 2.45) is 5.73 Å². The minimum atomic E-state index is -0.995. The lowest BCUT2D eigenvalue weighted by Crippen LogP contribution is -2.28. The number of nitro groups is 1. The number of hydrogen-bond donors (Lipinski definition) is 3. The summed E-state index contributed by atoms with van der Waals surface area (Å²) in [5.74, 6) is -1.04. The van der Waals surface area contributed by atoms with E-state index >= 15 is 0 Å². The SMILES string of the molecule is NC(C(=O)Nc1c(O)cccc1[N+](=O)[O-])c1ccccc1. The van der Waals surface area contributed by atoms with Crippen molar-refractivity contribution in [1.82, 2.24) is 0 Å². The van der Waals surface area contributed by atoms with Gasteiger partial charge in [0.25, 0.3) is 5.69 Å². The number of aromatic hydroxyl groups is 1. The second-order valence-corrected chi connectivity index (χ2v) is 4.31. The number of nitro benzene ring substituents is 1. The summed E-state index contributed by atoms with van der Waals surface area (Å²) in [7, 11) is 0. The van der Waals surface area contributed by atoms with Crippen molar-refractivity contribution in [3.63, 3.8) is 0 Å². The van der Waals surface area contributed by atoms with Gasteiger partial charge in [0.2, 0.25) is 5.91 Å². The molecule has 0 radical (unpaired) electrons. The van der Waals surface area contributed by atoms with Crippen LogP contribution in [0.25, 0.3) is 0 Å². The predicted octanol–water partition coefficient (Wildman–Crippen LogP) is 1.94. The number of para-hydroxylation sites is 1. The van der Waals surface area contributed by atoms with Crippen molar-refractivity contribution in [1.29, 1.82) is 0 Å². The molecule has 21 heavy (non-hydrogen) atoms. The van der Waals surface area contributed by atoms with Gasteiger partial charge in [-0.05, 0) is 11.6 Å². The second-order valence-electron chi connectivity index (χ2n) is 4.31.